The van der Waals surface area contributed by atoms with Crippen LogP contribution in [0.2, 0.25) is 0 Å². The molecule has 1 aliphatic rings. The van der Waals surface area contributed by atoms with E-state index in [1.54, 1.807) is 12.1 Å². The summed E-state index contributed by atoms with van der Waals surface area (Å²) in [5.41, 5.74) is 0.476. The molecular formula is C22H17IN2O6. The molecule has 2 N–H and O–H groups in total. The number of ether oxygens (including phenoxy) is 2. The number of nitrogens with zero attached hydrogens (tertiary/aromatic N) is 1. The minimum Gasteiger partial charge on any atom is -0.508 e. The molecule has 0 aromatic heterocycles. The SMILES string of the molecule is C#CCOc1c(I)cc(/C=C2\C(=O)NC(=O)N(c3ccc(O)cc3)C2=O)cc1OCC. The Bertz CT molecular complexity index is 1120. The molecule has 0 radical (unpaired) electrons. The Morgan fingerprint density at radius 3 is 2.55 bits per heavy atom. The van der Waals surface area contributed by atoms with E-state index in [4.69, 9.17) is 15.9 Å². The predicted molar refractivity (Wildman–Crippen MR) is 122 cm³/mol. The Morgan fingerprint density at radius 1 is 1.19 bits per heavy atom. The van der Waals surface area contributed by atoms with Gasteiger partial charge in [0, 0.05) is 0 Å². The van der Waals surface area contributed by atoms with Crippen molar-refractivity contribution in [1.82, 2.24) is 5.32 Å². The van der Waals surface area contributed by atoms with Gasteiger partial charge in [-0.05, 0) is 77.6 Å². The standard InChI is InChI=1S/C22H17IN2O6/c1-3-9-31-19-17(23)11-13(12-18(19)30-4-2)10-16-20(27)24-22(29)25(21(16)28)14-5-7-15(26)8-6-14/h1,5-8,10-12,26H,4,9H2,2H3,(H,24,27,29)/b16-10+. The van der Waals surface area contributed by atoms with Crippen LogP contribution >= 0.6 is 22.6 Å². The van der Waals surface area contributed by atoms with Gasteiger partial charge < -0.3 is 14.6 Å². The van der Waals surface area contributed by atoms with E-state index in [1.165, 1.54) is 30.3 Å². The fourth-order valence-corrected chi connectivity index (χ4v) is 3.63. The summed E-state index contributed by atoms with van der Waals surface area (Å²) in [4.78, 5) is 38.5. The Kier molecular flexibility index (Phi) is 6.81. The number of amides is 4. The number of carbonyl (C=O) groups is 3. The Morgan fingerprint density at radius 2 is 1.90 bits per heavy atom. The van der Waals surface area contributed by atoms with Crippen LogP contribution in [0.5, 0.6) is 17.2 Å². The van der Waals surface area contributed by atoms with Crippen molar-refractivity contribution in [2.45, 2.75) is 6.92 Å². The number of anilines is 1. The first-order chi connectivity index (χ1) is 14.8. The number of urea groups is 1. The molecule has 2 aromatic carbocycles. The summed E-state index contributed by atoms with van der Waals surface area (Å²) >= 11 is 2.04. The normalized spacial score (nSPS) is 14.9. The van der Waals surface area contributed by atoms with E-state index in [9.17, 15) is 19.5 Å². The predicted octanol–water partition coefficient (Wildman–Crippen LogP) is 3.07. The molecule has 8 nitrogen and oxygen atoms in total. The highest BCUT2D eigenvalue weighted by atomic mass is 127. The molecular weight excluding hydrogens is 515 g/mol. The van der Waals surface area contributed by atoms with Crippen molar-refractivity contribution in [3.05, 3.63) is 51.1 Å². The molecule has 158 valence electrons. The third kappa shape index (κ3) is 4.80. The minimum atomic E-state index is -0.875. The number of benzene rings is 2. The Labute approximate surface area is 192 Å². The van der Waals surface area contributed by atoms with Crippen molar-refractivity contribution < 1.29 is 29.0 Å². The maximum atomic E-state index is 13.0. The lowest BCUT2D eigenvalue weighted by molar-refractivity contribution is -0.122. The monoisotopic (exact) mass is 532 g/mol. The average Bonchev–Trinajstić information content (AvgIpc) is 2.72. The number of hydrogen-bond donors (Lipinski definition) is 2. The number of hydrogen-bond acceptors (Lipinski definition) is 6. The van der Waals surface area contributed by atoms with Crippen LogP contribution in [0.3, 0.4) is 0 Å². The fraction of sp³-hybridized carbons (Fsp3) is 0.136. The zero-order valence-corrected chi connectivity index (χ0v) is 18.5. The second-order valence-corrected chi connectivity index (χ2v) is 7.39. The van der Waals surface area contributed by atoms with Crippen molar-refractivity contribution in [2.24, 2.45) is 0 Å². The van der Waals surface area contributed by atoms with E-state index in [1.807, 2.05) is 29.5 Å². The van der Waals surface area contributed by atoms with Gasteiger partial charge in [0.1, 0.15) is 17.9 Å². The number of halogens is 1. The molecule has 0 spiro atoms. The summed E-state index contributed by atoms with van der Waals surface area (Å²) in [5, 5.41) is 11.6. The maximum absolute atomic E-state index is 13.0. The quantitative estimate of drug-likeness (QED) is 0.257. The first-order valence-electron chi connectivity index (χ1n) is 9.08. The lowest BCUT2D eigenvalue weighted by Gasteiger charge is -2.26. The lowest BCUT2D eigenvalue weighted by atomic mass is 10.1. The number of phenolic OH excluding ortho intramolecular Hbond substituents is 1. The number of nitrogens with one attached hydrogen (secondary N) is 1. The van der Waals surface area contributed by atoms with Crippen LogP contribution in [-0.4, -0.2) is 36.2 Å². The molecule has 3 rings (SSSR count). The van der Waals surface area contributed by atoms with Gasteiger partial charge >= 0.3 is 6.03 Å². The van der Waals surface area contributed by atoms with E-state index in [0.717, 1.165) is 4.90 Å². The van der Waals surface area contributed by atoms with E-state index >= 15 is 0 Å². The smallest absolute Gasteiger partial charge is 0.335 e. The van der Waals surface area contributed by atoms with Crippen molar-refractivity contribution in [3.8, 4) is 29.6 Å². The molecule has 1 saturated heterocycles. The largest absolute Gasteiger partial charge is 0.508 e. The van der Waals surface area contributed by atoms with E-state index in [0.29, 0.717) is 27.2 Å². The van der Waals surface area contributed by atoms with Gasteiger partial charge in [0.15, 0.2) is 11.5 Å². The van der Waals surface area contributed by atoms with E-state index in [-0.39, 0.29) is 23.6 Å². The summed E-state index contributed by atoms with van der Waals surface area (Å²) in [6, 6.07) is 7.90. The molecule has 31 heavy (non-hydrogen) atoms. The highest BCUT2D eigenvalue weighted by Gasteiger charge is 2.36. The summed E-state index contributed by atoms with van der Waals surface area (Å²) in [7, 11) is 0. The van der Waals surface area contributed by atoms with Crippen LogP contribution < -0.4 is 19.7 Å². The molecule has 1 heterocycles. The topological polar surface area (TPSA) is 105 Å². The summed E-state index contributed by atoms with van der Waals surface area (Å²) in [5.74, 6) is 1.63. The number of imide groups is 2. The molecule has 9 heteroatoms. The van der Waals surface area contributed by atoms with E-state index < -0.39 is 17.8 Å². The van der Waals surface area contributed by atoms with Crippen molar-refractivity contribution in [1.29, 1.82) is 0 Å². The first kappa shape index (κ1) is 22.2. The fourth-order valence-electron chi connectivity index (χ4n) is 2.85. The molecule has 0 aliphatic carbocycles. The van der Waals surface area contributed by atoms with Gasteiger partial charge in [-0.25, -0.2) is 9.69 Å². The highest BCUT2D eigenvalue weighted by Crippen LogP contribution is 2.35. The molecule has 0 atom stereocenters. The number of barbiturate groups is 1. The van der Waals surface area contributed by atoms with Crippen LogP contribution in [0.1, 0.15) is 12.5 Å². The van der Waals surface area contributed by atoms with Crippen molar-refractivity contribution in [2.75, 3.05) is 18.1 Å². The third-order valence-electron chi connectivity index (χ3n) is 4.15. The third-order valence-corrected chi connectivity index (χ3v) is 4.95. The first-order valence-corrected chi connectivity index (χ1v) is 10.2. The lowest BCUT2D eigenvalue weighted by Crippen LogP contribution is -2.54. The van der Waals surface area contributed by atoms with Gasteiger partial charge in [-0.3, -0.25) is 14.9 Å². The van der Waals surface area contributed by atoms with Crippen LogP contribution in [0.4, 0.5) is 10.5 Å². The molecule has 1 aliphatic heterocycles. The molecule has 0 saturated carbocycles. The molecule has 4 amide bonds. The second kappa shape index (κ2) is 9.53. The average molecular weight is 532 g/mol. The van der Waals surface area contributed by atoms with Crippen LogP contribution in [0.25, 0.3) is 6.08 Å². The highest BCUT2D eigenvalue weighted by molar-refractivity contribution is 14.1. The summed E-state index contributed by atoms with van der Waals surface area (Å²) < 4.78 is 11.8. The molecule has 2 aromatic rings. The van der Waals surface area contributed by atoms with Gasteiger partial charge in [0.25, 0.3) is 11.8 Å². The maximum Gasteiger partial charge on any atom is 0.335 e. The van der Waals surface area contributed by atoms with Gasteiger partial charge in [0.05, 0.1) is 15.9 Å². The van der Waals surface area contributed by atoms with Crippen LogP contribution in [-0.2, 0) is 9.59 Å². The summed E-state index contributed by atoms with van der Waals surface area (Å²) in [6.45, 7) is 2.23. The van der Waals surface area contributed by atoms with Gasteiger partial charge in [-0.1, -0.05) is 5.92 Å². The second-order valence-electron chi connectivity index (χ2n) is 6.23. The Balaban J connectivity index is 2.02. The van der Waals surface area contributed by atoms with Gasteiger partial charge in [-0.2, -0.15) is 0 Å². The van der Waals surface area contributed by atoms with Crippen LogP contribution in [0, 0.1) is 15.9 Å². The zero-order chi connectivity index (χ0) is 22.5. The van der Waals surface area contributed by atoms with Crippen molar-refractivity contribution in [3.63, 3.8) is 0 Å². The molecule has 1 fully saturated rings. The minimum absolute atomic E-state index is 0.0226. The number of carbonyl (C=O) groups excluding carboxylic acids is 3. The van der Waals surface area contributed by atoms with Crippen LogP contribution in [0.15, 0.2) is 42.0 Å². The summed E-state index contributed by atoms with van der Waals surface area (Å²) in [6.07, 6.45) is 6.63. The number of aromatic hydroxyl groups is 1. The Hall–Kier alpha value is -3.52. The zero-order valence-electron chi connectivity index (χ0n) is 16.3. The number of phenols is 1. The van der Waals surface area contributed by atoms with Gasteiger partial charge in [-0.15, -0.1) is 6.42 Å². The van der Waals surface area contributed by atoms with E-state index in [2.05, 4.69) is 11.2 Å². The molecule has 0 unspecified atom stereocenters. The van der Waals surface area contributed by atoms with Gasteiger partial charge in [0.2, 0.25) is 0 Å². The number of terminal acetylenes is 1. The molecule has 0 bridgehead atoms. The number of rotatable bonds is 6. The van der Waals surface area contributed by atoms with Crippen molar-refractivity contribution >= 4 is 52.2 Å².